The summed E-state index contributed by atoms with van der Waals surface area (Å²) >= 11 is 5.83. The molecule has 108 valence electrons. The maximum atomic E-state index is 13.3. The van der Waals surface area contributed by atoms with E-state index in [9.17, 15) is 8.78 Å². The molecular formula is C15H12ClF2N3. The molecule has 0 bridgehead atoms. The zero-order valence-corrected chi connectivity index (χ0v) is 11.7. The van der Waals surface area contributed by atoms with Crippen molar-refractivity contribution in [2.24, 2.45) is 10.7 Å². The van der Waals surface area contributed by atoms with Crippen molar-refractivity contribution in [3.05, 3.63) is 64.7 Å². The fraction of sp³-hybridized carbons (Fsp3) is 0.133. The number of aliphatic imine (C=N–C) groups is 1. The van der Waals surface area contributed by atoms with Crippen LogP contribution < -0.4 is 10.6 Å². The van der Waals surface area contributed by atoms with E-state index in [0.29, 0.717) is 12.5 Å². The standard InChI is InChI=1S/C15H12ClF2N3/c16-12-7-9(1-6-13(12)18)14-8-20-15(19)21(14)11-4-2-10(17)3-5-11/h1-7,14H,8H2,(H2,19,20). The first-order valence-corrected chi connectivity index (χ1v) is 6.74. The predicted molar refractivity (Wildman–Crippen MR) is 79.5 cm³/mol. The van der Waals surface area contributed by atoms with E-state index in [2.05, 4.69) is 4.99 Å². The normalized spacial score (nSPS) is 18.0. The zero-order valence-electron chi connectivity index (χ0n) is 10.9. The van der Waals surface area contributed by atoms with Gasteiger partial charge in [0.1, 0.15) is 11.6 Å². The largest absolute Gasteiger partial charge is 0.369 e. The van der Waals surface area contributed by atoms with Gasteiger partial charge >= 0.3 is 0 Å². The molecule has 1 heterocycles. The molecule has 2 aromatic carbocycles. The lowest BCUT2D eigenvalue weighted by Gasteiger charge is -2.26. The minimum absolute atomic E-state index is 0.0528. The van der Waals surface area contributed by atoms with Crippen LogP contribution in [0.2, 0.25) is 5.02 Å². The highest BCUT2D eigenvalue weighted by atomic mass is 35.5. The van der Waals surface area contributed by atoms with E-state index in [-0.39, 0.29) is 16.9 Å². The Morgan fingerprint density at radius 2 is 1.86 bits per heavy atom. The average molecular weight is 308 g/mol. The van der Waals surface area contributed by atoms with Crippen LogP contribution in [0, 0.1) is 11.6 Å². The van der Waals surface area contributed by atoms with E-state index in [0.717, 1.165) is 11.3 Å². The average Bonchev–Trinajstić information content (AvgIpc) is 2.85. The molecule has 0 saturated carbocycles. The molecule has 0 fully saturated rings. The van der Waals surface area contributed by atoms with Gasteiger partial charge in [-0.1, -0.05) is 17.7 Å². The highest BCUT2D eigenvalue weighted by Gasteiger charge is 2.29. The molecule has 6 heteroatoms. The molecule has 1 aliphatic heterocycles. The summed E-state index contributed by atoms with van der Waals surface area (Å²) in [5.41, 5.74) is 7.44. The van der Waals surface area contributed by atoms with Crippen LogP contribution in [0.25, 0.3) is 0 Å². The summed E-state index contributed by atoms with van der Waals surface area (Å²) in [4.78, 5) is 6.00. The molecule has 0 aromatic heterocycles. The van der Waals surface area contributed by atoms with Gasteiger partial charge in [0.2, 0.25) is 0 Å². The molecule has 0 radical (unpaired) electrons. The minimum Gasteiger partial charge on any atom is -0.369 e. The number of nitrogens with zero attached hydrogens (tertiary/aromatic N) is 2. The first-order chi connectivity index (χ1) is 10.1. The van der Waals surface area contributed by atoms with E-state index in [1.165, 1.54) is 18.2 Å². The Morgan fingerprint density at radius 3 is 2.52 bits per heavy atom. The van der Waals surface area contributed by atoms with E-state index < -0.39 is 5.82 Å². The number of guanidine groups is 1. The molecule has 0 spiro atoms. The number of benzene rings is 2. The minimum atomic E-state index is -0.472. The fourth-order valence-corrected chi connectivity index (χ4v) is 2.57. The van der Waals surface area contributed by atoms with E-state index >= 15 is 0 Å². The third kappa shape index (κ3) is 2.56. The van der Waals surface area contributed by atoms with Crippen LogP contribution in [0.1, 0.15) is 11.6 Å². The number of rotatable bonds is 2. The van der Waals surface area contributed by atoms with Crippen LogP contribution in [-0.4, -0.2) is 12.5 Å². The predicted octanol–water partition coefficient (Wildman–Crippen LogP) is 3.49. The SMILES string of the molecule is NC1=NCC(c2ccc(F)c(Cl)c2)N1c1ccc(F)cc1. The van der Waals surface area contributed by atoms with Crippen LogP contribution in [-0.2, 0) is 0 Å². The Bertz CT molecular complexity index is 701. The second-order valence-electron chi connectivity index (χ2n) is 4.73. The summed E-state index contributed by atoms with van der Waals surface area (Å²) in [7, 11) is 0. The molecule has 3 rings (SSSR count). The van der Waals surface area contributed by atoms with Crippen LogP contribution in [0.15, 0.2) is 47.5 Å². The molecule has 3 nitrogen and oxygen atoms in total. The van der Waals surface area contributed by atoms with Gasteiger partial charge in [0.25, 0.3) is 0 Å². The maximum absolute atomic E-state index is 13.3. The van der Waals surface area contributed by atoms with Crippen molar-refractivity contribution in [1.82, 2.24) is 0 Å². The van der Waals surface area contributed by atoms with Crippen molar-refractivity contribution >= 4 is 23.2 Å². The highest BCUT2D eigenvalue weighted by Crippen LogP contribution is 2.32. The van der Waals surface area contributed by atoms with Gasteiger partial charge in [0.15, 0.2) is 5.96 Å². The summed E-state index contributed by atoms with van der Waals surface area (Å²) in [5.74, 6) is -0.456. The first kappa shape index (κ1) is 13.8. The monoisotopic (exact) mass is 307 g/mol. The summed E-state index contributed by atoms with van der Waals surface area (Å²) in [5, 5.41) is 0.0528. The van der Waals surface area contributed by atoms with Crippen LogP contribution in [0.4, 0.5) is 14.5 Å². The number of nitrogens with two attached hydrogens (primary N) is 1. The quantitative estimate of drug-likeness (QED) is 0.922. The number of halogens is 3. The van der Waals surface area contributed by atoms with Crippen LogP contribution >= 0.6 is 11.6 Å². The molecule has 0 amide bonds. The Labute approximate surface area is 125 Å². The lowest BCUT2D eigenvalue weighted by molar-refractivity contribution is 0.625. The second kappa shape index (κ2) is 5.33. The number of hydrogen-bond acceptors (Lipinski definition) is 3. The second-order valence-corrected chi connectivity index (χ2v) is 5.14. The van der Waals surface area contributed by atoms with E-state index in [4.69, 9.17) is 17.3 Å². The van der Waals surface area contributed by atoms with Gasteiger partial charge < -0.3 is 10.6 Å². The Kier molecular flexibility index (Phi) is 3.51. The van der Waals surface area contributed by atoms with Crippen molar-refractivity contribution in [3.63, 3.8) is 0 Å². The Morgan fingerprint density at radius 1 is 1.14 bits per heavy atom. The van der Waals surface area contributed by atoms with Crippen LogP contribution in [0.3, 0.4) is 0 Å². The molecule has 1 unspecified atom stereocenters. The Hall–Kier alpha value is -2.14. The van der Waals surface area contributed by atoms with Gasteiger partial charge in [-0.05, 0) is 42.0 Å². The molecule has 2 aromatic rings. The third-order valence-corrected chi connectivity index (χ3v) is 3.71. The highest BCUT2D eigenvalue weighted by molar-refractivity contribution is 6.30. The van der Waals surface area contributed by atoms with E-state index in [1.807, 2.05) is 0 Å². The van der Waals surface area contributed by atoms with Gasteiger partial charge in [0, 0.05) is 5.69 Å². The van der Waals surface area contributed by atoms with Crippen LogP contribution in [0.5, 0.6) is 0 Å². The topological polar surface area (TPSA) is 41.6 Å². The molecule has 21 heavy (non-hydrogen) atoms. The molecule has 1 atom stereocenters. The smallest absolute Gasteiger partial charge is 0.196 e. The van der Waals surface area contributed by atoms with Crippen molar-refractivity contribution in [1.29, 1.82) is 0 Å². The molecule has 1 aliphatic rings. The summed E-state index contributed by atoms with van der Waals surface area (Å²) < 4.78 is 26.3. The summed E-state index contributed by atoms with van der Waals surface area (Å²) in [6.45, 7) is 0.436. The molecular weight excluding hydrogens is 296 g/mol. The summed E-state index contributed by atoms with van der Waals surface area (Å²) in [6.07, 6.45) is 0. The zero-order chi connectivity index (χ0) is 15.0. The van der Waals surface area contributed by atoms with Gasteiger partial charge in [-0.25, -0.2) is 8.78 Å². The molecule has 0 aliphatic carbocycles. The van der Waals surface area contributed by atoms with E-state index in [1.54, 1.807) is 29.2 Å². The number of hydrogen-bond donors (Lipinski definition) is 1. The van der Waals surface area contributed by atoms with Gasteiger partial charge in [-0.2, -0.15) is 0 Å². The van der Waals surface area contributed by atoms with Crippen molar-refractivity contribution < 1.29 is 8.78 Å². The van der Waals surface area contributed by atoms with Gasteiger partial charge in [0.05, 0.1) is 17.6 Å². The first-order valence-electron chi connectivity index (χ1n) is 6.36. The summed E-state index contributed by atoms with van der Waals surface area (Å²) in [6, 6.07) is 10.3. The van der Waals surface area contributed by atoms with Gasteiger partial charge in [-0.15, -0.1) is 0 Å². The van der Waals surface area contributed by atoms with Gasteiger partial charge in [-0.3, -0.25) is 4.99 Å². The number of anilines is 1. The maximum Gasteiger partial charge on any atom is 0.196 e. The third-order valence-electron chi connectivity index (χ3n) is 3.42. The van der Waals surface area contributed by atoms with Crippen molar-refractivity contribution in [2.75, 3.05) is 11.4 Å². The van der Waals surface area contributed by atoms with Crippen molar-refractivity contribution in [2.45, 2.75) is 6.04 Å². The van der Waals surface area contributed by atoms with Crippen molar-refractivity contribution in [3.8, 4) is 0 Å². The molecule has 0 saturated heterocycles. The Balaban J connectivity index is 1.98. The lowest BCUT2D eigenvalue weighted by Crippen LogP contribution is -2.36. The lowest BCUT2D eigenvalue weighted by atomic mass is 10.1. The molecule has 2 N–H and O–H groups in total. The fourth-order valence-electron chi connectivity index (χ4n) is 2.39.